The van der Waals surface area contributed by atoms with E-state index >= 15 is 0 Å². The summed E-state index contributed by atoms with van der Waals surface area (Å²) in [6.45, 7) is 8.53. The Morgan fingerprint density at radius 1 is 1.03 bits per heavy atom. The molecular weight excluding hydrogens is 440 g/mol. The van der Waals surface area contributed by atoms with E-state index in [4.69, 9.17) is 14.2 Å². The van der Waals surface area contributed by atoms with Gasteiger partial charge in [0, 0.05) is 30.6 Å². The van der Waals surface area contributed by atoms with Gasteiger partial charge in [0.1, 0.15) is 17.2 Å². The van der Waals surface area contributed by atoms with Gasteiger partial charge in [-0.3, -0.25) is 9.59 Å². The van der Waals surface area contributed by atoms with Gasteiger partial charge in [-0.15, -0.1) is 11.3 Å². The van der Waals surface area contributed by atoms with Gasteiger partial charge in [0.25, 0.3) is 5.91 Å². The largest absolute Gasteiger partial charge is 0.496 e. The summed E-state index contributed by atoms with van der Waals surface area (Å²) in [5, 5.41) is 3.61. The van der Waals surface area contributed by atoms with Gasteiger partial charge in [0.05, 0.1) is 36.8 Å². The Kier molecular flexibility index (Phi) is 7.37. The Bertz CT molecular complexity index is 1060. The summed E-state index contributed by atoms with van der Waals surface area (Å²) in [7, 11) is 4.84. The van der Waals surface area contributed by atoms with E-state index in [1.54, 1.807) is 21.3 Å². The fraction of sp³-hybridized carbons (Fsp3) is 0.440. The SMILES string of the molecule is COc1cc(OC)c(C2=CCN(C(=O)c3sc(NC(=O)C(C)(C)C)cc3C)CC2)c(OC)c1. The van der Waals surface area contributed by atoms with Gasteiger partial charge in [0.2, 0.25) is 5.91 Å². The van der Waals surface area contributed by atoms with Crippen LogP contribution in [0.4, 0.5) is 5.00 Å². The van der Waals surface area contributed by atoms with E-state index in [1.165, 1.54) is 11.3 Å². The number of carbonyl (C=O) groups is 2. The van der Waals surface area contributed by atoms with Gasteiger partial charge in [-0.25, -0.2) is 0 Å². The fourth-order valence-electron chi connectivity index (χ4n) is 3.60. The molecule has 0 aliphatic carbocycles. The standard InChI is InChI=1S/C25H32N2O5S/c1-15-12-20(26-24(29)25(2,3)4)33-22(15)23(28)27-10-8-16(9-11-27)21-18(31-6)13-17(30-5)14-19(21)32-7/h8,12-14H,9-11H2,1-7H3,(H,26,29). The van der Waals surface area contributed by atoms with E-state index in [-0.39, 0.29) is 11.8 Å². The number of thiophene rings is 1. The molecule has 0 saturated carbocycles. The molecule has 1 N–H and O–H groups in total. The van der Waals surface area contributed by atoms with Crippen molar-refractivity contribution in [2.75, 3.05) is 39.7 Å². The maximum Gasteiger partial charge on any atom is 0.264 e. The number of hydrogen-bond acceptors (Lipinski definition) is 6. The lowest BCUT2D eigenvalue weighted by atomic mass is 9.96. The molecule has 178 valence electrons. The number of amides is 2. The Balaban J connectivity index is 1.79. The highest BCUT2D eigenvalue weighted by molar-refractivity contribution is 7.18. The van der Waals surface area contributed by atoms with Crippen LogP contribution in [0.2, 0.25) is 0 Å². The third kappa shape index (κ3) is 5.33. The van der Waals surface area contributed by atoms with Crippen LogP contribution in [-0.4, -0.2) is 51.1 Å². The minimum atomic E-state index is -0.500. The summed E-state index contributed by atoms with van der Waals surface area (Å²) in [5.74, 6) is 1.90. The molecule has 1 aromatic carbocycles. The fourth-order valence-corrected chi connectivity index (χ4v) is 4.64. The van der Waals surface area contributed by atoms with Gasteiger partial charge in [-0.2, -0.15) is 0 Å². The number of nitrogens with one attached hydrogen (secondary N) is 1. The van der Waals surface area contributed by atoms with Crippen LogP contribution in [0, 0.1) is 12.3 Å². The predicted molar refractivity (Wildman–Crippen MR) is 132 cm³/mol. The molecule has 0 bridgehead atoms. The van der Waals surface area contributed by atoms with Crippen molar-refractivity contribution in [3.63, 3.8) is 0 Å². The molecule has 8 heteroatoms. The Morgan fingerprint density at radius 2 is 1.67 bits per heavy atom. The zero-order chi connectivity index (χ0) is 24.3. The van der Waals surface area contributed by atoms with Crippen LogP contribution in [0.3, 0.4) is 0 Å². The first kappa shape index (κ1) is 24.6. The summed E-state index contributed by atoms with van der Waals surface area (Å²) in [4.78, 5) is 28.0. The molecule has 2 amide bonds. The first-order chi connectivity index (χ1) is 15.6. The van der Waals surface area contributed by atoms with E-state index < -0.39 is 5.41 Å². The van der Waals surface area contributed by atoms with E-state index in [0.717, 1.165) is 16.7 Å². The highest BCUT2D eigenvalue weighted by atomic mass is 32.1. The number of anilines is 1. The highest BCUT2D eigenvalue weighted by Gasteiger charge is 2.27. The number of nitrogens with zero attached hydrogens (tertiary/aromatic N) is 1. The highest BCUT2D eigenvalue weighted by Crippen LogP contribution is 2.41. The lowest BCUT2D eigenvalue weighted by Gasteiger charge is -2.28. The van der Waals surface area contributed by atoms with E-state index in [0.29, 0.717) is 46.6 Å². The third-order valence-electron chi connectivity index (χ3n) is 5.56. The molecule has 1 aromatic heterocycles. The minimum Gasteiger partial charge on any atom is -0.496 e. The summed E-state index contributed by atoms with van der Waals surface area (Å²) in [5.41, 5.74) is 2.31. The first-order valence-corrected chi connectivity index (χ1v) is 11.6. The molecule has 2 heterocycles. The Hall–Kier alpha value is -3.00. The molecule has 1 aliphatic heterocycles. The van der Waals surface area contributed by atoms with Crippen LogP contribution in [0.5, 0.6) is 17.2 Å². The second-order valence-electron chi connectivity index (χ2n) is 8.96. The molecule has 3 rings (SSSR count). The second-order valence-corrected chi connectivity index (χ2v) is 10.0. The summed E-state index contributed by atoms with van der Waals surface area (Å²) >= 11 is 1.32. The first-order valence-electron chi connectivity index (χ1n) is 10.8. The monoisotopic (exact) mass is 472 g/mol. The van der Waals surface area contributed by atoms with Crippen LogP contribution in [0.15, 0.2) is 24.3 Å². The average Bonchev–Trinajstić information content (AvgIpc) is 3.16. The second kappa shape index (κ2) is 9.87. The van der Waals surface area contributed by atoms with Crippen molar-refractivity contribution in [3.05, 3.63) is 40.3 Å². The smallest absolute Gasteiger partial charge is 0.264 e. The van der Waals surface area contributed by atoms with Crippen molar-refractivity contribution >= 4 is 33.7 Å². The number of ether oxygens (including phenoxy) is 3. The number of benzene rings is 1. The van der Waals surface area contributed by atoms with Crippen LogP contribution >= 0.6 is 11.3 Å². The van der Waals surface area contributed by atoms with E-state index in [2.05, 4.69) is 5.32 Å². The molecule has 33 heavy (non-hydrogen) atoms. The number of carbonyl (C=O) groups excluding carboxylic acids is 2. The van der Waals surface area contributed by atoms with E-state index in [1.807, 2.05) is 56.9 Å². The van der Waals surface area contributed by atoms with Crippen molar-refractivity contribution in [3.8, 4) is 17.2 Å². The zero-order valence-electron chi connectivity index (χ0n) is 20.3. The van der Waals surface area contributed by atoms with Crippen molar-refractivity contribution in [1.29, 1.82) is 0 Å². The van der Waals surface area contributed by atoms with Crippen LogP contribution in [0.25, 0.3) is 5.57 Å². The molecule has 7 nitrogen and oxygen atoms in total. The summed E-state index contributed by atoms with van der Waals surface area (Å²) in [6.07, 6.45) is 2.71. The number of hydrogen-bond donors (Lipinski definition) is 1. The molecule has 0 fully saturated rings. The number of aryl methyl sites for hydroxylation is 1. The average molecular weight is 473 g/mol. The van der Waals surface area contributed by atoms with Crippen molar-refractivity contribution in [2.45, 2.75) is 34.1 Å². The van der Waals surface area contributed by atoms with Crippen molar-refractivity contribution in [2.24, 2.45) is 5.41 Å². The van der Waals surface area contributed by atoms with Crippen LogP contribution in [0.1, 0.15) is 48.0 Å². The number of methoxy groups -OCH3 is 3. The third-order valence-corrected chi connectivity index (χ3v) is 6.70. The van der Waals surface area contributed by atoms with Gasteiger partial charge in [-0.05, 0) is 30.5 Å². The molecule has 0 radical (unpaired) electrons. The van der Waals surface area contributed by atoms with Gasteiger partial charge in [-0.1, -0.05) is 26.8 Å². The van der Waals surface area contributed by atoms with E-state index in [9.17, 15) is 9.59 Å². The Labute approximate surface area is 199 Å². The topological polar surface area (TPSA) is 77.1 Å². The molecule has 0 atom stereocenters. The lowest BCUT2D eigenvalue weighted by Crippen LogP contribution is -2.34. The number of rotatable bonds is 6. The maximum atomic E-state index is 13.2. The molecule has 2 aromatic rings. The molecule has 0 unspecified atom stereocenters. The van der Waals surface area contributed by atoms with Gasteiger partial charge >= 0.3 is 0 Å². The maximum absolute atomic E-state index is 13.2. The van der Waals surface area contributed by atoms with Crippen molar-refractivity contribution in [1.82, 2.24) is 4.90 Å². The lowest BCUT2D eigenvalue weighted by molar-refractivity contribution is -0.123. The summed E-state index contributed by atoms with van der Waals surface area (Å²) in [6, 6.07) is 5.52. The predicted octanol–water partition coefficient (Wildman–Crippen LogP) is 5.00. The molecule has 1 aliphatic rings. The normalized spacial score (nSPS) is 13.9. The Morgan fingerprint density at radius 3 is 2.15 bits per heavy atom. The molecule has 0 saturated heterocycles. The summed E-state index contributed by atoms with van der Waals surface area (Å²) < 4.78 is 16.5. The zero-order valence-corrected chi connectivity index (χ0v) is 21.1. The molecule has 0 spiro atoms. The van der Waals surface area contributed by atoms with Crippen LogP contribution in [-0.2, 0) is 4.79 Å². The quantitative estimate of drug-likeness (QED) is 0.640. The molecular formula is C25H32N2O5S. The van der Waals surface area contributed by atoms with Gasteiger partial charge in [0.15, 0.2) is 0 Å². The minimum absolute atomic E-state index is 0.0299. The van der Waals surface area contributed by atoms with Gasteiger partial charge < -0.3 is 24.4 Å². The van der Waals surface area contributed by atoms with Crippen LogP contribution < -0.4 is 19.5 Å². The van der Waals surface area contributed by atoms with Crippen molar-refractivity contribution < 1.29 is 23.8 Å².